The van der Waals surface area contributed by atoms with E-state index in [4.69, 9.17) is 0 Å². The Morgan fingerprint density at radius 2 is 1.44 bits per heavy atom. The zero-order chi connectivity index (χ0) is 14.8. The molecule has 0 aliphatic rings. The Hall–Kier alpha value is -1.15. The zero-order valence-corrected chi connectivity index (χ0v) is 12.3. The standard InChI is InChI=1S/C6H15N.C4H7NO5S/c1-4-7(5-2)6-3;1-3(6)5-11(8,9)10-4(2)7/h4-6H2,1-3H3;1-2H3,(H,5,6). The van der Waals surface area contributed by atoms with Crippen LogP contribution in [0.4, 0.5) is 0 Å². The summed E-state index contributed by atoms with van der Waals surface area (Å²) in [5, 5.41) is 0. The second kappa shape index (κ2) is 9.84. The molecule has 0 bridgehead atoms. The first kappa shape index (κ1) is 19.2. The van der Waals surface area contributed by atoms with E-state index >= 15 is 0 Å². The lowest BCUT2D eigenvalue weighted by molar-refractivity contribution is -0.131. The minimum atomic E-state index is -4.23. The van der Waals surface area contributed by atoms with E-state index in [1.807, 2.05) is 0 Å². The molecule has 0 aliphatic heterocycles. The van der Waals surface area contributed by atoms with Gasteiger partial charge < -0.3 is 9.08 Å². The van der Waals surface area contributed by atoms with Gasteiger partial charge in [-0.15, -0.1) is 0 Å². The van der Waals surface area contributed by atoms with E-state index in [-0.39, 0.29) is 0 Å². The predicted octanol–water partition coefficient (Wildman–Crippen LogP) is 0.278. The average molecular weight is 282 g/mol. The van der Waals surface area contributed by atoms with E-state index in [0.29, 0.717) is 0 Å². The SMILES string of the molecule is CC(=O)NS(=O)(=O)OC(C)=O.CCN(CC)CC. The molecule has 8 heteroatoms. The first-order chi connectivity index (χ1) is 8.18. The Bertz CT molecular complexity index is 322. The van der Waals surface area contributed by atoms with Gasteiger partial charge in [-0.1, -0.05) is 20.8 Å². The Kier molecular flexibility index (Phi) is 10.5. The molecule has 0 radical (unpaired) electrons. The van der Waals surface area contributed by atoms with Gasteiger partial charge in [-0.05, 0) is 19.6 Å². The van der Waals surface area contributed by atoms with Crippen LogP contribution in [-0.2, 0) is 24.1 Å². The number of nitrogens with one attached hydrogen (secondary N) is 1. The van der Waals surface area contributed by atoms with E-state index < -0.39 is 22.2 Å². The van der Waals surface area contributed by atoms with Crippen molar-refractivity contribution < 1.29 is 22.2 Å². The van der Waals surface area contributed by atoms with Crippen LogP contribution in [0.15, 0.2) is 0 Å². The molecule has 0 heterocycles. The van der Waals surface area contributed by atoms with Gasteiger partial charge >= 0.3 is 16.3 Å². The fourth-order valence-electron chi connectivity index (χ4n) is 1.02. The largest absolute Gasteiger partial charge is 0.412 e. The summed E-state index contributed by atoms with van der Waals surface area (Å²) < 4.78 is 26.1. The zero-order valence-electron chi connectivity index (χ0n) is 11.5. The molecule has 0 saturated heterocycles. The van der Waals surface area contributed by atoms with Gasteiger partial charge in [0.15, 0.2) is 0 Å². The summed E-state index contributed by atoms with van der Waals surface area (Å²) in [5.74, 6) is -1.81. The summed E-state index contributed by atoms with van der Waals surface area (Å²) in [4.78, 5) is 22.6. The number of carbonyl (C=O) groups excluding carboxylic acids is 2. The molecular formula is C10H22N2O5S. The lowest BCUT2D eigenvalue weighted by atomic mass is 10.5. The van der Waals surface area contributed by atoms with Gasteiger partial charge in [-0.3, -0.25) is 9.59 Å². The van der Waals surface area contributed by atoms with Crippen LogP contribution in [-0.4, -0.2) is 44.8 Å². The van der Waals surface area contributed by atoms with Crippen LogP contribution in [0, 0.1) is 0 Å². The predicted molar refractivity (Wildman–Crippen MR) is 68.0 cm³/mol. The number of rotatable bonds is 5. The van der Waals surface area contributed by atoms with Crippen molar-refractivity contribution in [1.29, 1.82) is 0 Å². The third kappa shape index (κ3) is 12.9. The second-order valence-electron chi connectivity index (χ2n) is 3.31. The van der Waals surface area contributed by atoms with E-state index in [1.54, 1.807) is 0 Å². The number of carbonyl (C=O) groups is 2. The topological polar surface area (TPSA) is 92.8 Å². The fourth-order valence-corrected chi connectivity index (χ4v) is 1.72. The molecule has 0 aliphatic carbocycles. The molecule has 7 nitrogen and oxygen atoms in total. The van der Waals surface area contributed by atoms with E-state index in [2.05, 4.69) is 29.9 Å². The first-order valence-corrected chi connectivity index (χ1v) is 7.04. The van der Waals surface area contributed by atoms with Crippen LogP contribution in [0.25, 0.3) is 0 Å². The van der Waals surface area contributed by atoms with Crippen molar-refractivity contribution in [3.8, 4) is 0 Å². The molecule has 108 valence electrons. The van der Waals surface area contributed by atoms with E-state index in [9.17, 15) is 18.0 Å². The van der Waals surface area contributed by atoms with Crippen molar-refractivity contribution in [2.24, 2.45) is 0 Å². The molecule has 0 saturated carbocycles. The highest BCUT2D eigenvalue weighted by atomic mass is 32.2. The summed E-state index contributed by atoms with van der Waals surface area (Å²) in [6, 6.07) is 0. The quantitative estimate of drug-likeness (QED) is 0.778. The first-order valence-electron chi connectivity index (χ1n) is 5.64. The van der Waals surface area contributed by atoms with Crippen LogP contribution in [0.1, 0.15) is 34.6 Å². The van der Waals surface area contributed by atoms with Gasteiger partial charge in [0, 0.05) is 13.8 Å². The lowest BCUT2D eigenvalue weighted by Crippen LogP contribution is -2.31. The molecule has 0 aromatic heterocycles. The summed E-state index contributed by atoms with van der Waals surface area (Å²) in [7, 11) is -4.23. The molecule has 0 atom stereocenters. The molecule has 0 aromatic rings. The Balaban J connectivity index is 0. The smallest absolute Gasteiger partial charge is 0.330 e. The Morgan fingerprint density at radius 3 is 1.61 bits per heavy atom. The van der Waals surface area contributed by atoms with E-state index in [1.165, 1.54) is 24.4 Å². The van der Waals surface area contributed by atoms with Crippen molar-refractivity contribution in [2.45, 2.75) is 34.6 Å². The summed E-state index contributed by atoms with van der Waals surface area (Å²) in [6.45, 7) is 12.0. The van der Waals surface area contributed by atoms with Crippen molar-refractivity contribution in [3.05, 3.63) is 0 Å². The highest BCUT2D eigenvalue weighted by Gasteiger charge is 2.14. The third-order valence-corrected chi connectivity index (χ3v) is 2.83. The number of amides is 1. The Labute approximate surface area is 109 Å². The van der Waals surface area contributed by atoms with Crippen LogP contribution >= 0.6 is 0 Å². The van der Waals surface area contributed by atoms with Gasteiger partial charge in [0.1, 0.15) is 0 Å². The monoisotopic (exact) mass is 282 g/mol. The van der Waals surface area contributed by atoms with Gasteiger partial charge in [-0.25, -0.2) is 4.72 Å². The molecule has 0 aromatic carbocycles. The van der Waals surface area contributed by atoms with Crippen molar-refractivity contribution in [2.75, 3.05) is 19.6 Å². The highest BCUT2D eigenvalue weighted by molar-refractivity contribution is 7.85. The number of nitrogens with zero attached hydrogens (tertiary/aromatic N) is 1. The molecule has 1 N–H and O–H groups in total. The molecule has 18 heavy (non-hydrogen) atoms. The highest BCUT2D eigenvalue weighted by Crippen LogP contribution is 1.87. The summed E-state index contributed by atoms with van der Waals surface area (Å²) >= 11 is 0. The average Bonchev–Trinajstić information content (AvgIpc) is 2.16. The number of hydrogen-bond donors (Lipinski definition) is 1. The third-order valence-electron chi connectivity index (χ3n) is 1.84. The molecule has 0 rings (SSSR count). The van der Waals surface area contributed by atoms with Crippen LogP contribution in [0.5, 0.6) is 0 Å². The molecule has 1 amide bonds. The van der Waals surface area contributed by atoms with Crippen LogP contribution < -0.4 is 4.72 Å². The van der Waals surface area contributed by atoms with Crippen molar-refractivity contribution >= 4 is 22.2 Å². The fraction of sp³-hybridized carbons (Fsp3) is 0.800. The summed E-state index contributed by atoms with van der Waals surface area (Å²) in [5.41, 5.74) is 0. The maximum absolute atomic E-state index is 10.5. The molecule has 0 fully saturated rings. The van der Waals surface area contributed by atoms with Crippen LogP contribution in [0.2, 0.25) is 0 Å². The van der Waals surface area contributed by atoms with Gasteiger partial charge in [0.25, 0.3) is 0 Å². The normalized spacial score (nSPS) is 10.3. The minimum Gasteiger partial charge on any atom is -0.330 e. The maximum Gasteiger partial charge on any atom is 0.412 e. The second-order valence-corrected chi connectivity index (χ2v) is 4.59. The summed E-state index contributed by atoms with van der Waals surface area (Å²) in [6.07, 6.45) is 0. The van der Waals surface area contributed by atoms with Crippen LogP contribution in [0.3, 0.4) is 0 Å². The minimum absolute atomic E-state index is 0.814. The van der Waals surface area contributed by atoms with Gasteiger partial charge in [-0.2, -0.15) is 8.42 Å². The Morgan fingerprint density at radius 1 is 1.06 bits per heavy atom. The molecule has 0 spiro atoms. The van der Waals surface area contributed by atoms with Gasteiger partial charge in [0.05, 0.1) is 0 Å². The molecular weight excluding hydrogens is 260 g/mol. The van der Waals surface area contributed by atoms with Crippen molar-refractivity contribution in [3.63, 3.8) is 0 Å². The molecule has 0 unspecified atom stereocenters. The maximum atomic E-state index is 10.5. The van der Waals surface area contributed by atoms with Gasteiger partial charge in [0.2, 0.25) is 5.91 Å². The van der Waals surface area contributed by atoms with Crippen molar-refractivity contribution in [1.82, 2.24) is 9.62 Å². The number of hydrogen-bond acceptors (Lipinski definition) is 6. The lowest BCUT2D eigenvalue weighted by Gasteiger charge is -2.13. The van der Waals surface area contributed by atoms with E-state index in [0.717, 1.165) is 13.8 Å².